The first-order chi connectivity index (χ1) is 7.50. The molecule has 2 rings (SSSR count). The molecule has 3 nitrogen and oxygen atoms in total. The van der Waals surface area contributed by atoms with Crippen molar-refractivity contribution in [2.45, 2.75) is 25.9 Å². The Morgan fingerprint density at radius 3 is 2.62 bits per heavy atom. The summed E-state index contributed by atoms with van der Waals surface area (Å²) >= 11 is 0. The van der Waals surface area contributed by atoms with Gasteiger partial charge in [0.05, 0.1) is 24.4 Å². The molecule has 88 valence electrons. The van der Waals surface area contributed by atoms with Crippen molar-refractivity contribution in [2.75, 3.05) is 13.2 Å². The summed E-state index contributed by atoms with van der Waals surface area (Å²) in [7, 11) is 0. The van der Waals surface area contributed by atoms with Crippen LogP contribution in [0.15, 0.2) is 12.1 Å². The molecule has 1 heterocycles. The van der Waals surface area contributed by atoms with Crippen LogP contribution in [0, 0.1) is 5.82 Å². The van der Waals surface area contributed by atoms with Gasteiger partial charge in [-0.25, -0.2) is 4.39 Å². The molecule has 0 atom stereocenters. The van der Waals surface area contributed by atoms with Gasteiger partial charge in [0, 0.05) is 6.42 Å². The van der Waals surface area contributed by atoms with E-state index >= 15 is 0 Å². The molecular weight excluding hydrogens is 211 g/mol. The van der Waals surface area contributed by atoms with Gasteiger partial charge in [-0.2, -0.15) is 0 Å². The van der Waals surface area contributed by atoms with E-state index < -0.39 is 11.4 Å². The molecule has 1 N–H and O–H groups in total. The first-order valence-electron chi connectivity index (χ1n) is 5.31. The van der Waals surface area contributed by atoms with Crippen molar-refractivity contribution in [1.82, 2.24) is 0 Å². The Labute approximate surface area is 93.8 Å². The zero-order chi connectivity index (χ0) is 11.8. The maximum atomic E-state index is 13.7. The average Bonchev–Trinajstić information content (AvgIpc) is 2.40. The molecule has 0 saturated carbocycles. The zero-order valence-electron chi connectivity index (χ0n) is 9.42. The highest BCUT2D eigenvalue weighted by molar-refractivity contribution is 5.50. The van der Waals surface area contributed by atoms with Crippen LogP contribution in [0.1, 0.15) is 25.8 Å². The Kier molecular flexibility index (Phi) is 2.76. The lowest BCUT2D eigenvalue weighted by atomic mass is 9.96. The first-order valence-corrected chi connectivity index (χ1v) is 5.31. The summed E-state index contributed by atoms with van der Waals surface area (Å²) in [5.41, 5.74) is -1.13. The highest BCUT2D eigenvalue weighted by atomic mass is 19.1. The molecule has 16 heavy (non-hydrogen) atoms. The normalized spacial score (nSPS) is 15.8. The third kappa shape index (κ3) is 1.97. The third-order valence-corrected chi connectivity index (χ3v) is 2.48. The molecular formula is C12H15FO3. The van der Waals surface area contributed by atoms with Crippen LogP contribution >= 0.6 is 0 Å². The molecule has 1 aromatic rings. The van der Waals surface area contributed by atoms with Gasteiger partial charge in [-0.15, -0.1) is 0 Å². The average molecular weight is 226 g/mol. The van der Waals surface area contributed by atoms with Crippen LogP contribution in [-0.4, -0.2) is 18.3 Å². The molecule has 0 unspecified atom stereocenters. The highest BCUT2D eigenvalue weighted by Crippen LogP contribution is 2.40. The second kappa shape index (κ2) is 3.94. The molecule has 1 aromatic carbocycles. The van der Waals surface area contributed by atoms with E-state index in [2.05, 4.69) is 0 Å². The lowest BCUT2D eigenvalue weighted by Crippen LogP contribution is -2.19. The van der Waals surface area contributed by atoms with E-state index in [9.17, 15) is 9.50 Å². The lowest BCUT2D eigenvalue weighted by Gasteiger charge is -2.22. The summed E-state index contributed by atoms with van der Waals surface area (Å²) in [5.74, 6) is 0.345. The summed E-state index contributed by atoms with van der Waals surface area (Å²) in [5, 5.41) is 9.94. The van der Waals surface area contributed by atoms with E-state index in [0.717, 1.165) is 6.42 Å². The van der Waals surface area contributed by atoms with Crippen molar-refractivity contribution in [2.24, 2.45) is 0 Å². The monoisotopic (exact) mass is 226 g/mol. The van der Waals surface area contributed by atoms with Gasteiger partial charge < -0.3 is 14.6 Å². The molecule has 0 aliphatic carbocycles. The topological polar surface area (TPSA) is 38.7 Å². The van der Waals surface area contributed by atoms with Crippen LogP contribution in [-0.2, 0) is 5.60 Å². The summed E-state index contributed by atoms with van der Waals surface area (Å²) in [6, 6.07) is 2.83. The van der Waals surface area contributed by atoms with E-state index in [-0.39, 0.29) is 5.56 Å². The highest BCUT2D eigenvalue weighted by Gasteiger charge is 2.29. The number of ether oxygens (including phenoxy) is 2. The predicted octanol–water partition coefficient (Wildman–Crippen LogP) is 2.21. The van der Waals surface area contributed by atoms with Crippen molar-refractivity contribution in [3.8, 4) is 11.5 Å². The fraction of sp³-hybridized carbons (Fsp3) is 0.500. The Morgan fingerprint density at radius 2 is 1.94 bits per heavy atom. The maximum Gasteiger partial charge on any atom is 0.170 e. The van der Waals surface area contributed by atoms with E-state index in [4.69, 9.17) is 9.47 Å². The van der Waals surface area contributed by atoms with Gasteiger partial charge in [-0.3, -0.25) is 0 Å². The summed E-state index contributed by atoms with van der Waals surface area (Å²) in [6.07, 6.45) is 0.752. The van der Waals surface area contributed by atoms with Crippen molar-refractivity contribution in [3.63, 3.8) is 0 Å². The van der Waals surface area contributed by atoms with E-state index in [0.29, 0.717) is 24.7 Å². The molecule has 0 saturated heterocycles. The number of rotatable bonds is 1. The third-order valence-electron chi connectivity index (χ3n) is 2.48. The van der Waals surface area contributed by atoms with Gasteiger partial charge in [0.2, 0.25) is 0 Å². The van der Waals surface area contributed by atoms with Gasteiger partial charge in [-0.1, -0.05) is 0 Å². The SMILES string of the molecule is CC(C)(O)c1c(F)ccc2c1OCCCO2. The van der Waals surface area contributed by atoms with Crippen LogP contribution in [0.5, 0.6) is 11.5 Å². The van der Waals surface area contributed by atoms with E-state index in [1.54, 1.807) is 0 Å². The fourth-order valence-corrected chi connectivity index (χ4v) is 1.78. The number of hydrogen-bond acceptors (Lipinski definition) is 3. The van der Waals surface area contributed by atoms with Gasteiger partial charge in [0.15, 0.2) is 11.5 Å². The molecule has 0 spiro atoms. The molecule has 1 aliphatic rings. The Hall–Kier alpha value is -1.29. The van der Waals surface area contributed by atoms with Crippen molar-refractivity contribution < 1.29 is 19.0 Å². The van der Waals surface area contributed by atoms with E-state index in [1.807, 2.05) is 0 Å². The molecule has 4 heteroatoms. The molecule has 0 aromatic heterocycles. The van der Waals surface area contributed by atoms with Crippen LogP contribution in [0.2, 0.25) is 0 Å². The van der Waals surface area contributed by atoms with Gasteiger partial charge >= 0.3 is 0 Å². The van der Waals surface area contributed by atoms with Crippen LogP contribution < -0.4 is 9.47 Å². The lowest BCUT2D eigenvalue weighted by molar-refractivity contribution is 0.0704. The smallest absolute Gasteiger partial charge is 0.170 e. The van der Waals surface area contributed by atoms with Gasteiger partial charge in [0.1, 0.15) is 5.82 Å². The van der Waals surface area contributed by atoms with Crippen molar-refractivity contribution in [3.05, 3.63) is 23.5 Å². The minimum Gasteiger partial charge on any atom is -0.490 e. The van der Waals surface area contributed by atoms with E-state index in [1.165, 1.54) is 26.0 Å². The number of halogens is 1. The minimum absolute atomic E-state index is 0.159. The largest absolute Gasteiger partial charge is 0.490 e. The summed E-state index contributed by atoms with van der Waals surface area (Å²) in [6.45, 7) is 4.07. The second-order valence-electron chi connectivity index (χ2n) is 4.36. The number of benzene rings is 1. The van der Waals surface area contributed by atoms with Crippen LogP contribution in [0.25, 0.3) is 0 Å². The molecule has 0 fully saturated rings. The number of hydrogen-bond donors (Lipinski definition) is 1. The summed E-state index contributed by atoms with van der Waals surface area (Å²) in [4.78, 5) is 0. The molecule has 0 bridgehead atoms. The Bertz CT molecular complexity index is 396. The molecule has 1 aliphatic heterocycles. The second-order valence-corrected chi connectivity index (χ2v) is 4.36. The van der Waals surface area contributed by atoms with Crippen molar-refractivity contribution in [1.29, 1.82) is 0 Å². The van der Waals surface area contributed by atoms with Gasteiger partial charge in [0.25, 0.3) is 0 Å². The maximum absolute atomic E-state index is 13.7. The first kappa shape index (κ1) is 11.2. The fourth-order valence-electron chi connectivity index (χ4n) is 1.78. The predicted molar refractivity (Wildman–Crippen MR) is 57.3 cm³/mol. The standard InChI is InChI=1S/C12H15FO3/c1-12(2,14)10-8(13)4-5-9-11(10)16-7-3-6-15-9/h4-5,14H,3,6-7H2,1-2H3. The van der Waals surface area contributed by atoms with Crippen LogP contribution in [0.4, 0.5) is 4.39 Å². The van der Waals surface area contributed by atoms with Gasteiger partial charge in [-0.05, 0) is 26.0 Å². The zero-order valence-corrected chi connectivity index (χ0v) is 9.42. The Balaban J connectivity index is 2.58. The molecule has 0 radical (unpaired) electrons. The number of fused-ring (bicyclic) bond motifs is 1. The number of aliphatic hydroxyl groups is 1. The quantitative estimate of drug-likeness (QED) is 0.798. The van der Waals surface area contributed by atoms with Crippen molar-refractivity contribution >= 4 is 0 Å². The molecule has 0 amide bonds. The van der Waals surface area contributed by atoms with Crippen LogP contribution in [0.3, 0.4) is 0 Å². The summed E-state index contributed by atoms with van der Waals surface area (Å²) < 4.78 is 24.6. The minimum atomic E-state index is -1.29. The Morgan fingerprint density at radius 1 is 1.25 bits per heavy atom.